The number of benzene rings is 3. The lowest BCUT2D eigenvalue weighted by molar-refractivity contribution is 0.0971. The first-order chi connectivity index (χ1) is 15.6. The third-order valence-corrected chi connectivity index (χ3v) is 5.64. The summed E-state index contributed by atoms with van der Waals surface area (Å²) in [6.07, 6.45) is 3.85. The number of hydrogen-bond acceptors (Lipinski definition) is 4. The molecular weight excluding hydrogens is 400 g/mol. The molecule has 2 N–H and O–H groups in total. The Morgan fingerprint density at radius 2 is 1.69 bits per heavy atom. The molecule has 0 aliphatic heterocycles. The number of H-pyrrole nitrogens is 1. The van der Waals surface area contributed by atoms with Gasteiger partial charge in [0.15, 0.2) is 5.78 Å². The first kappa shape index (κ1) is 21.5. The third-order valence-electron chi connectivity index (χ3n) is 5.64. The molecule has 164 valence electrons. The van der Waals surface area contributed by atoms with Crippen molar-refractivity contribution >= 4 is 22.4 Å². The second-order valence-electron chi connectivity index (χ2n) is 7.75. The Hall–Kier alpha value is -3.73. The van der Waals surface area contributed by atoms with Crippen molar-refractivity contribution in [3.05, 3.63) is 89.6 Å². The van der Waals surface area contributed by atoms with Gasteiger partial charge in [-0.05, 0) is 17.5 Å². The molecule has 4 aromatic rings. The monoisotopic (exact) mass is 428 g/mol. The van der Waals surface area contributed by atoms with E-state index < -0.39 is 6.04 Å². The first-order valence-electron chi connectivity index (χ1n) is 10.8. The van der Waals surface area contributed by atoms with E-state index in [-0.39, 0.29) is 5.78 Å². The summed E-state index contributed by atoms with van der Waals surface area (Å²) in [6, 6.07) is 20.9. The van der Waals surface area contributed by atoms with Crippen LogP contribution in [0, 0.1) is 0 Å². The predicted molar refractivity (Wildman–Crippen MR) is 129 cm³/mol. The van der Waals surface area contributed by atoms with E-state index in [9.17, 15) is 4.79 Å². The van der Waals surface area contributed by atoms with Crippen LogP contribution >= 0.6 is 0 Å². The van der Waals surface area contributed by atoms with Crippen molar-refractivity contribution in [2.45, 2.75) is 25.8 Å². The Morgan fingerprint density at radius 1 is 0.969 bits per heavy atom. The van der Waals surface area contributed by atoms with Crippen LogP contribution in [0.5, 0.6) is 11.5 Å². The highest BCUT2D eigenvalue weighted by Crippen LogP contribution is 2.32. The quantitative estimate of drug-likeness (QED) is 0.313. The van der Waals surface area contributed by atoms with Gasteiger partial charge in [0.1, 0.15) is 17.5 Å². The maximum atomic E-state index is 13.9. The Bertz CT molecular complexity index is 1190. The Labute approximate surface area is 188 Å². The van der Waals surface area contributed by atoms with Gasteiger partial charge in [-0.1, -0.05) is 61.9 Å². The predicted octanol–water partition coefficient (Wildman–Crippen LogP) is 6.17. The number of aromatic nitrogens is 1. The lowest BCUT2D eigenvalue weighted by Crippen LogP contribution is -2.21. The van der Waals surface area contributed by atoms with E-state index in [2.05, 4.69) is 23.3 Å². The number of fused-ring (bicyclic) bond motifs is 1. The van der Waals surface area contributed by atoms with Gasteiger partial charge in [0, 0.05) is 46.5 Å². The van der Waals surface area contributed by atoms with Gasteiger partial charge in [0.25, 0.3) is 0 Å². The summed E-state index contributed by atoms with van der Waals surface area (Å²) in [5, 5.41) is 4.36. The van der Waals surface area contributed by atoms with Gasteiger partial charge in [0.05, 0.1) is 14.2 Å². The summed E-state index contributed by atoms with van der Waals surface area (Å²) < 4.78 is 10.8. The van der Waals surface area contributed by atoms with Crippen LogP contribution in [-0.4, -0.2) is 25.0 Å². The largest absolute Gasteiger partial charge is 0.497 e. The minimum absolute atomic E-state index is 0.00196. The average Bonchev–Trinajstić information content (AvgIpc) is 3.28. The van der Waals surface area contributed by atoms with E-state index in [0.29, 0.717) is 17.1 Å². The van der Waals surface area contributed by atoms with Crippen molar-refractivity contribution < 1.29 is 14.3 Å². The molecule has 1 aromatic heterocycles. The van der Waals surface area contributed by atoms with Crippen molar-refractivity contribution in [2.75, 3.05) is 19.5 Å². The molecular formula is C27H28N2O3. The highest BCUT2D eigenvalue weighted by Gasteiger charge is 2.25. The number of aromatic amines is 1. The number of rotatable bonds is 9. The average molecular weight is 429 g/mol. The Morgan fingerprint density at radius 3 is 2.34 bits per heavy atom. The van der Waals surface area contributed by atoms with Crippen LogP contribution in [0.4, 0.5) is 5.69 Å². The number of anilines is 1. The minimum Gasteiger partial charge on any atom is -0.497 e. The molecule has 5 heteroatoms. The van der Waals surface area contributed by atoms with Crippen molar-refractivity contribution in [2.24, 2.45) is 0 Å². The van der Waals surface area contributed by atoms with Crippen LogP contribution in [0.15, 0.2) is 72.9 Å². The van der Waals surface area contributed by atoms with E-state index in [1.54, 1.807) is 20.3 Å². The fourth-order valence-corrected chi connectivity index (χ4v) is 4.06. The van der Waals surface area contributed by atoms with Crippen LogP contribution in [0.3, 0.4) is 0 Å². The molecule has 0 saturated carbocycles. The SMILES string of the molecule is CCCc1cccc2c(C(=O)C(Nc3cc(OC)cc(OC)c3)c3ccccc3)c[nH]c12. The van der Waals surface area contributed by atoms with Crippen LogP contribution in [0.1, 0.15) is 40.9 Å². The zero-order valence-electron chi connectivity index (χ0n) is 18.6. The number of methoxy groups -OCH3 is 2. The van der Waals surface area contributed by atoms with Gasteiger partial charge in [-0.15, -0.1) is 0 Å². The minimum atomic E-state index is -0.568. The molecule has 1 unspecified atom stereocenters. The summed E-state index contributed by atoms with van der Waals surface area (Å²) >= 11 is 0. The number of carbonyl (C=O) groups is 1. The molecule has 5 nitrogen and oxygen atoms in total. The van der Waals surface area contributed by atoms with Crippen molar-refractivity contribution in [3.8, 4) is 11.5 Å². The lowest BCUT2D eigenvalue weighted by Gasteiger charge is -2.20. The molecule has 1 heterocycles. The van der Waals surface area contributed by atoms with E-state index in [1.165, 1.54) is 5.56 Å². The fraction of sp³-hybridized carbons (Fsp3) is 0.222. The number of Topliss-reactive ketones (excluding diaryl/α,β-unsaturated/α-hetero) is 1. The molecule has 0 amide bonds. The standard InChI is InChI=1S/C27H28N2O3/c1-4-9-18-12-8-13-23-24(17-28-25(18)23)27(30)26(19-10-6-5-7-11-19)29-20-14-21(31-2)16-22(15-20)32-3/h5-8,10-17,26,28-29H,4,9H2,1-3H3. The van der Waals surface area contributed by atoms with Gasteiger partial charge in [0.2, 0.25) is 0 Å². The molecule has 1 atom stereocenters. The number of carbonyl (C=O) groups excluding carboxylic acids is 1. The van der Waals surface area contributed by atoms with Gasteiger partial charge in [-0.3, -0.25) is 4.79 Å². The Kier molecular flexibility index (Phi) is 6.45. The lowest BCUT2D eigenvalue weighted by atomic mass is 9.95. The topological polar surface area (TPSA) is 63.4 Å². The summed E-state index contributed by atoms with van der Waals surface area (Å²) in [4.78, 5) is 17.2. The molecule has 0 aliphatic rings. The molecule has 0 saturated heterocycles. The molecule has 3 aromatic carbocycles. The highest BCUT2D eigenvalue weighted by molar-refractivity contribution is 6.12. The van der Waals surface area contributed by atoms with Crippen molar-refractivity contribution in [1.82, 2.24) is 4.98 Å². The zero-order chi connectivity index (χ0) is 22.5. The molecule has 0 fully saturated rings. The van der Waals surface area contributed by atoms with Crippen LogP contribution in [0.25, 0.3) is 10.9 Å². The molecule has 32 heavy (non-hydrogen) atoms. The molecule has 0 aliphatic carbocycles. The number of ether oxygens (including phenoxy) is 2. The van der Waals surface area contributed by atoms with Gasteiger partial charge in [-0.2, -0.15) is 0 Å². The van der Waals surface area contributed by atoms with Crippen molar-refractivity contribution in [1.29, 1.82) is 0 Å². The number of ketones is 1. The normalized spacial score (nSPS) is 11.8. The first-order valence-corrected chi connectivity index (χ1v) is 10.8. The van der Waals surface area contributed by atoms with Gasteiger partial charge in [-0.25, -0.2) is 0 Å². The van der Waals surface area contributed by atoms with Crippen molar-refractivity contribution in [3.63, 3.8) is 0 Å². The Balaban J connectivity index is 1.76. The second kappa shape index (κ2) is 9.60. The summed E-state index contributed by atoms with van der Waals surface area (Å²) in [5.74, 6) is 1.31. The van der Waals surface area contributed by atoms with Crippen LogP contribution < -0.4 is 14.8 Å². The molecule has 4 rings (SSSR count). The number of hydrogen-bond donors (Lipinski definition) is 2. The van der Waals surface area contributed by atoms with Crippen LogP contribution in [0.2, 0.25) is 0 Å². The summed E-state index contributed by atoms with van der Waals surface area (Å²) in [6.45, 7) is 2.16. The third kappa shape index (κ3) is 4.33. The molecule has 0 bridgehead atoms. The number of nitrogens with one attached hydrogen (secondary N) is 2. The number of aryl methyl sites for hydroxylation is 1. The zero-order valence-corrected chi connectivity index (χ0v) is 18.6. The van der Waals surface area contributed by atoms with E-state index in [1.807, 2.05) is 60.8 Å². The summed E-state index contributed by atoms with van der Waals surface area (Å²) in [7, 11) is 3.22. The van der Waals surface area contributed by atoms with Gasteiger partial charge < -0.3 is 19.8 Å². The second-order valence-corrected chi connectivity index (χ2v) is 7.75. The molecule has 0 spiro atoms. The smallest absolute Gasteiger partial charge is 0.191 e. The highest BCUT2D eigenvalue weighted by atomic mass is 16.5. The van der Waals surface area contributed by atoms with E-state index in [0.717, 1.165) is 35.0 Å². The van der Waals surface area contributed by atoms with E-state index in [4.69, 9.17) is 9.47 Å². The number of para-hydroxylation sites is 1. The summed E-state index contributed by atoms with van der Waals surface area (Å²) in [5.41, 5.74) is 4.57. The fourth-order valence-electron chi connectivity index (χ4n) is 4.06. The maximum absolute atomic E-state index is 13.9. The van der Waals surface area contributed by atoms with E-state index >= 15 is 0 Å². The van der Waals surface area contributed by atoms with Crippen LogP contribution in [-0.2, 0) is 6.42 Å². The molecule has 0 radical (unpaired) electrons. The van der Waals surface area contributed by atoms with Gasteiger partial charge >= 0.3 is 0 Å². The maximum Gasteiger partial charge on any atom is 0.191 e.